The SMILES string of the molecule is O=C([C@@H](NS(=O)(=O)c1cccs1)c1ccccc1)N1CCN(c2ccccc2F)CC1. The first kappa shape index (κ1) is 21.5. The van der Waals surface area contributed by atoms with Gasteiger partial charge in [0.05, 0.1) is 5.69 Å². The van der Waals surface area contributed by atoms with Crippen molar-refractivity contribution in [3.8, 4) is 0 Å². The number of thiophene rings is 1. The van der Waals surface area contributed by atoms with Crippen molar-refractivity contribution < 1.29 is 17.6 Å². The molecule has 3 aromatic rings. The lowest BCUT2D eigenvalue weighted by atomic mass is 10.1. The van der Waals surface area contributed by atoms with Gasteiger partial charge in [0.1, 0.15) is 16.1 Å². The molecule has 1 amide bonds. The lowest BCUT2D eigenvalue weighted by molar-refractivity contribution is -0.133. The Morgan fingerprint density at radius 2 is 1.61 bits per heavy atom. The fourth-order valence-electron chi connectivity index (χ4n) is 3.59. The topological polar surface area (TPSA) is 69.7 Å². The highest BCUT2D eigenvalue weighted by Gasteiger charge is 2.32. The summed E-state index contributed by atoms with van der Waals surface area (Å²) in [7, 11) is -3.85. The summed E-state index contributed by atoms with van der Waals surface area (Å²) in [5, 5.41) is 1.68. The number of sulfonamides is 1. The minimum absolute atomic E-state index is 0.158. The highest BCUT2D eigenvalue weighted by Crippen LogP contribution is 2.24. The summed E-state index contributed by atoms with van der Waals surface area (Å²) in [5.74, 6) is -0.618. The van der Waals surface area contributed by atoms with Crippen LogP contribution in [0.4, 0.5) is 10.1 Å². The van der Waals surface area contributed by atoms with Gasteiger partial charge in [-0.1, -0.05) is 48.5 Å². The molecule has 1 aromatic heterocycles. The molecule has 0 bridgehead atoms. The van der Waals surface area contributed by atoms with E-state index in [1.807, 2.05) is 11.0 Å². The Morgan fingerprint density at radius 1 is 0.935 bits per heavy atom. The molecule has 31 heavy (non-hydrogen) atoms. The van der Waals surface area contributed by atoms with E-state index in [4.69, 9.17) is 0 Å². The maximum Gasteiger partial charge on any atom is 0.251 e. The summed E-state index contributed by atoms with van der Waals surface area (Å²) in [5.41, 5.74) is 1.08. The van der Waals surface area contributed by atoms with Gasteiger partial charge in [0.25, 0.3) is 10.0 Å². The van der Waals surface area contributed by atoms with Crippen LogP contribution in [0.2, 0.25) is 0 Å². The summed E-state index contributed by atoms with van der Waals surface area (Å²) in [6.45, 7) is 1.67. The van der Waals surface area contributed by atoms with Crippen molar-refractivity contribution in [1.29, 1.82) is 0 Å². The zero-order chi connectivity index (χ0) is 21.8. The molecule has 1 aliphatic heterocycles. The van der Waals surface area contributed by atoms with Crippen molar-refractivity contribution >= 4 is 33.0 Å². The molecule has 4 rings (SSSR count). The Balaban J connectivity index is 1.52. The molecule has 0 unspecified atom stereocenters. The zero-order valence-corrected chi connectivity index (χ0v) is 18.3. The second-order valence-electron chi connectivity index (χ2n) is 7.16. The van der Waals surface area contributed by atoms with E-state index in [0.29, 0.717) is 37.4 Å². The number of anilines is 1. The van der Waals surface area contributed by atoms with Crippen molar-refractivity contribution in [3.63, 3.8) is 0 Å². The molecule has 0 spiro atoms. The van der Waals surface area contributed by atoms with E-state index in [1.165, 1.54) is 12.1 Å². The van der Waals surface area contributed by atoms with Crippen LogP contribution in [0.3, 0.4) is 0 Å². The number of rotatable bonds is 6. The number of carbonyl (C=O) groups is 1. The molecule has 162 valence electrons. The Bertz CT molecular complexity index is 1130. The molecule has 9 heteroatoms. The Hall–Kier alpha value is -2.75. The van der Waals surface area contributed by atoms with Gasteiger partial charge >= 0.3 is 0 Å². The minimum Gasteiger partial charge on any atom is -0.366 e. The molecule has 0 aliphatic carbocycles. The molecular weight excluding hydrogens is 437 g/mol. The van der Waals surface area contributed by atoms with Crippen molar-refractivity contribution in [2.45, 2.75) is 10.3 Å². The van der Waals surface area contributed by atoms with Crippen molar-refractivity contribution in [3.05, 3.63) is 83.5 Å². The Kier molecular flexibility index (Phi) is 6.35. The molecule has 1 N–H and O–H groups in total. The lowest BCUT2D eigenvalue weighted by Crippen LogP contribution is -2.52. The number of carbonyl (C=O) groups excluding carboxylic acids is 1. The van der Waals surface area contributed by atoms with Crippen LogP contribution in [0, 0.1) is 5.82 Å². The van der Waals surface area contributed by atoms with Crippen LogP contribution >= 0.6 is 11.3 Å². The quantitative estimate of drug-likeness (QED) is 0.614. The molecule has 1 aliphatic rings. The van der Waals surface area contributed by atoms with Gasteiger partial charge in [-0.3, -0.25) is 4.79 Å². The summed E-state index contributed by atoms with van der Waals surface area (Å²) in [4.78, 5) is 16.9. The monoisotopic (exact) mass is 459 g/mol. The summed E-state index contributed by atoms with van der Waals surface area (Å²) in [6, 6.07) is 17.5. The number of hydrogen-bond donors (Lipinski definition) is 1. The average molecular weight is 460 g/mol. The molecule has 0 radical (unpaired) electrons. The molecule has 2 heterocycles. The van der Waals surface area contributed by atoms with E-state index < -0.39 is 16.1 Å². The van der Waals surface area contributed by atoms with Crippen LogP contribution in [0.5, 0.6) is 0 Å². The second-order valence-corrected chi connectivity index (χ2v) is 10.0. The molecule has 0 saturated carbocycles. The number of amides is 1. The fraction of sp³-hybridized carbons (Fsp3) is 0.227. The van der Waals surface area contributed by atoms with Gasteiger partial charge in [0, 0.05) is 26.2 Å². The maximum atomic E-state index is 14.1. The van der Waals surface area contributed by atoms with Crippen LogP contribution in [-0.2, 0) is 14.8 Å². The third-order valence-electron chi connectivity index (χ3n) is 5.20. The first-order chi connectivity index (χ1) is 15.0. The van der Waals surface area contributed by atoms with Gasteiger partial charge in [-0.05, 0) is 29.1 Å². The van der Waals surface area contributed by atoms with Gasteiger partial charge in [-0.2, -0.15) is 4.72 Å². The molecular formula is C22H22FN3O3S2. The van der Waals surface area contributed by atoms with E-state index in [-0.39, 0.29) is 15.9 Å². The van der Waals surface area contributed by atoms with E-state index in [9.17, 15) is 17.6 Å². The van der Waals surface area contributed by atoms with Crippen LogP contribution in [0.1, 0.15) is 11.6 Å². The van der Waals surface area contributed by atoms with Gasteiger partial charge in [-0.25, -0.2) is 12.8 Å². The fourth-order valence-corrected chi connectivity index (χ4v) is 5.78. The van der Waals surface area contributed by atoms with Gasteiger partial charge < -0.3 is 9.80 Å². The third kappa shape index (κ3) is 4.79. The van der Waals surface area contributed by atoms with Crippen LogP contribution in [0.25, 0.3) is 0 Å². The molecule has 2 aromatic carbocycles. The highest BCUT2D eigenvalue weighted by molar-refractivity contribution is 7.91. The van der Waals surface area contributed by atoms with Gasteiger partial charge in [0.2, 0.25) is 5.91 Å². The third-order valence-corrected chi connectivity index (χ3v) is 8.02. The number of halogens is 1. The Morgan fingerprint density at radius 3 is 2.26 bits per heavy atom. The molecule has 1 saturated heterocycles. The van der Waals surface area contributed by atoms with E-state index in [0.717, 1.165) is 11.3 Å². The van der Waals surface area contributed by atoms with E-state index in [2.05, 4.69) is 4.72 Å². The number of nitrogens with zero attached hydrogens (tertiary/aromatic N) is 2. The van der Waals surface area contributed by atoms with Gasteiger partial charge in [-0.15, -0.1) is 11.3 Å². The summed E-state index contributed by atoms with van der Waals surface area (Å²) in [6.07, 6.45) is 0. The normalized spacial score (nSPS) is 15.6. The summed E-state index contributed by atoms with van der Waals surface area (Å²) < 4.78 is 42.5. The Labute approximate surface area is 185 Å². The number of para-hydroxylation sites is 1. The number of nitrogens with one attached hydrogen (secondary N) is 1. The zero-order valence-electron chi connectivity index (χ0n) is 16.6. The van der Waals surface area contributed by atoms with Gasteiger partial charge in [0.15, 0.2) is 0 Å². The molecule has 1 atom stereocenters. The first-order valence-corrected chi connectivity index (χ1v) is 12.2. The van der Waals surface area contributed by atoms with Crippen LogP contribution < -0.4 is 9.62 Å². The predicted molar refractivity (Wildman–Crippen MR) is 119 cm³/mol. The smallest absolute Gasteiger partial charge is 0.251 e. The molecule has 6 nitrogen and oxygen atoms in total. The maximum absolute atomic E-state index is 14.1. The second kappa shape index (κ2) is 9.17. The largest absolute Gasteiger partial charge is 0.366 e. The molecule has 1 fully saturated rings. The number of benzene rings is 2. The first-order valence-electron chi connectivity index (χ1n) is 9.85. The lowest BCUT2D eigenvalue weighted by Gasteiger charge is -2.37. The predicted octanol–water partition coefficient (Wildman–Crippen LogP) is 3.26. The van der Waals surface area contributed by atoms with Crippen LogP contribution in [0.15, 0.2) is 76.3 Å². The number of piperazine rings is 1. The number of hydrogen-bond acceptors (Lipinski definition) is 5. The minimum atomic E-state index is -3.85. The highest BCUT2D eigenvalue weighted by atomic mass is 32.2. The van der Waals surface area contributed by atoms with Crippen molar-refractivity contribution in [1.82, 2.24) is 9.62 Å². The standard InChI is InChI=1S/C22H22FN3O3S2/c23-18-9-4-5-10-19(18)25-12-14-26(15-13-25)22(27)21(17-7-2-1-3-8-17)24-31(28,29)20-11-6-16-30-20/h1-11,16,21,24H,12-15H2/t21-/m0/s1. The van der Waals surface area contributed by atoms with Crippen LogP contribution in [-0.4, -0.2) is 45.4 Å². The van der Waals surface area contributed by atoms with E-state index >= 15 is 0 Å². The average Bonchev–Trinajstić information content (AvgIpc) is 3.34. The van der Waals surface area contributed by atoms with E-state index in [1.54, 1.807) is 58.8 Å². The summed E-state index contributed by atoms with van der Waals surface area (Å²) >= 11 is 1.10. The van der Waals surface area contributed by atoms with Crippen molar-refractivity contribution in [2.24, 2.45) is 0 Å². The van der Waals surface area contributed by atoms with Crippen molar-refractivity contribution in [2.75, 3.05) is 31.1 Å².